The molecule has 0 saturated carbocycles. The molecule has 1 heterocycles. The van der Waals surface area contributed by atoms with Crippen molar-refractivity contribution in [2.45, 2.75) is 26.2 Å². The van der Waals surface area contributed by atoms with Crippen LogP contribution in [0, 0.1) is 0 Å². The smallest absolute Gasteiger partial charge is 0.332 e. The van der Waals surface area contributed by atoms with E-state index < -0.39 is 0 Å². The van der Waals surface area contributed by atoms with Crippen LogP contribution in [0.2, 0.25) is 0 Å². The number of carbonyl (C=O) groups is 1. The van der Waals surface area contributed by atoms with E-state index in [9.17, 15) is 4.79 Å². The van der Waals surface area contributed by atoms with Crippen molar-refractivity contribution < 1.29 is 14.3 Å². The molecule has 0 aliphatic carbocycles. The van der Waals surface area contributed by atoms with Gasteiger partial charge in [-0.15, -0.1) is 0 Å². The van der Waals surface area contributed by atoms with Crippen LogP contribution < -0.4 is 5.32 Å². The summed E-state index contributed by atoms with van der Waals surface area (Å²) in [6.45, 7) is 8.35. The summed E-state index contributed by atoms with van der Waals surface area (Å²) in [6, 6.07) is 0. The van der Waals surface area contributed by atoms with Crippen molar-refractivity contribution in [1.29, 1.82) is 0 Å². The van der Waals surface area contributed by atoms with Crippen molar-refractivity contribution in [3.8, 4) is 0 Å². The Balaban J connectivity index is 1.77. The van der Waals surface area contributed by atoms with Gasteiger partial charge in [0, 0.05) is 6.54 Å². The minimum Gasteiger partial charge on any atom is -0.464 e. The van der Waals surface area contributed by atoms with Crippen LogP contribution in [0.3, 0.4) is 0 Å². The average molecular weight is 258 g/mol. The van der Waals surface area contributed by atoms with Gasteiger partial charge in [-0.25, -0.2) is 4.79 Å². The molecule has 18 heavy (non-hydrogen) atoms. The maximum atomic E-state index is 11.0. The van der Waals surface area contributed by atoms with Gasteiger partial charge in [0.2, 0.25) is 0 Å². The molecule has 0 unspecified atom stereocenters. The summed E-state index contributed by atoms with van der Waals surface area (Å²) in [5.41, 5.74) is 0. The number of likely N-dealkylation sites (tertiary alicyclic amines) is 1. The van der Waals surface area contributed by atoms with Crippen molar-refractivity contribution in [1.82, 2.24) is 10.2 Å². The first-order chi connectivity index (χ1) is 8.83. The molecule has 0 radical (unpaired) electrons. The molecule has 0 bridgehead atoms. The van der Waals surface area contributed by atoms with Crippen LogP contribution in [0.1, 0.15) is 26.2 Å². The lowest BCUT2D eigenvalue weighted by molar-refractivity contribution is -0.148. The molecule has 5 nitrogen and oxygen atoms in total. The van der Waals surface area contributed by atoms with E-state index in [2.05, 4.69) is 10.2 Å². The Labute approximate surface area is 110 Å². The largest absolute Gasteiger partial charge is 0.464 e. The highest BCUT2D eigenvalue weighted by Gasteiger charge is 2.09. The predicted octanol–water partition coefficient (Wildman–Crippen LogP) is 0.642. The van der Waals surface area contributed by atoms with Gasteiger partial charge in [0.25, 0.3) is 0 Å². The van der Waals surface area contributed by atoms with Crippen LogP contribution in [-0.4, -0.2) is 63.4 Å². The van der Waals surface area contributed by atoms with E-state index in [1.165, 1.54) is 38.9 Å². The summed E-state index contributed by atoms with van der Waals surface area (Å²) < 4.78 is 9.93. The van der Waals surface area contributed by atoms with E-state index in [0.29, 0.717) is 13.2 Å². The molecule has 1 rings (SSSR count). The van der Waals surface area contributed by atoms with E-state index in [0.717, 1.165) is 13.1 Å². The number of carbonyl (C=O) groups excluding carboxylic acids is 1. The standard InChI is InChI=1S/C13H26N2O3/c1-2-18-13(16)12-17-11-7-14-6-5-10-15-8-3-4-9-15/h14H,2-12H2,1H3. The molecule has 0 atom stereocenters. The first-order valence-electron chi connectivity index (χ1n) is 6.99. The van der Waals surface area contributed by atoms with Crippen LogP contribution in [0.25, 0.3) is 0 Å². The van der Waals surface area contributed by atoms with Gasteiger partial charge in [0.15, 0.2) is 0 Å². The lowest BCUT2D eigenvalue weighted by Crippen LogP contribution is -2.27. The lowest BCUT2D eigenvalue weighted by atomic mass is 10.4. The van der Waals surface area contributed by atoms with Crippen molar-refractivity contribution >= 4 is 5.97 Å². The van der Waals surface area contributed by atoms with E-state index >= 15 is 0 Å². The SMILES string of the molecule is CCOC(=O)COCCNCCCN1CCCC1. The summed E-state index contributed by atoms with van der Waals surface area (Å²) in [5, 5.41) is 3.31. The van der Waals surface area contributed by atoms with Gasteiger partial charge in [-0.1, -0.05) is 0 Å². The molecule has 1 aliphatic rings. The Hall–Kier alpha value is -0.650. The molecule has 1 fully saturated rings. The molecule has 0 aromatic rings. The zero-order valence-corrected chi connectivity index (χ0v) is 11.5. The summed E-state index contributed by atoms with van der Waals surface area (Å²) in [7, 11) is 0. The maximum absolute atomic E-state index is 11.0. The van der Waals surface area contributed by atoms with Crippen LogP contribution in [0.15, 0.2) is 0 Å². The van der Waals surface area contributed by atoms with Gasteiger partial charge >= 0.3 is 5.97 Å². The monoisotopic (exact) mass is 258 g/mol. The third-order valence-corrected chi connectivity index (χ3v) is 2.97. The number of nitrogens with zero attached hydrogens (tertiary/aromatic N) is 1. The Bertz CT molecular complexity index is 218. The van der Waals surface area contributed by atoms with Crippen molar-refractivity contribution in [3.05, 3.63) is 0 Å². The molecule has 1 aliphatic heterocycles. The number of nitrogens with one attached hydrogen (secondary N) is 1. The summed E-state index contributed by atoms with van der Waals surface area (Å²) >= 11 is 0. The maximum Gasteiger partial charge on any atom is 0.332 e. The van der Waals surface area contributed by atoms with Crippen LogP contribution in [0.5, 0.6) is 0 Å². The van der Waals surface area contributed by atoms with Crippen LogP contribution in [-0.2, 0) is 14.3 Å². The Morgan fingerprint density at radius 1 is 1.28 bits per heavy atom. The molecular formula is C13H26N2O3. The second kappa shape index (κ2) is 10.3. The molecule has 0 amide bonds. The Morgan fingerprint density at radius 2 is 2.06 bits per heavy atom. The number of esters is 1. The molecule has 0 aromatic heterocycles. The van der Waals surface area contributed by atoms with Crippen LogP contribution in [0.4, 0.5) is 0 Å². The lowest BCUT2D eigenvalue weighted by Gasteiger charge is -2.14. The van der Waals surface area contributed by atoms with Crippen molar-refractivity contribution in [2.24, 2.45) is 0 Å². The Kier molecular flexibility index (Phi) is 8.81. The Morgan fingerprint density at radius 3 is 2.78 bits per heavy atom. The first kappa shape index (κ1) is 15.4. The fourth-order valence-electron chi connectivity index (χ4n) is 2.06. The molecule has 1 N–H and O–H groups in total. The third kappa shape index (κ3) is 7.63. The van der Waals surface area contributed by atoms with Gasteiger partial charge < -0.3 is 19.7 Å². The quantitative estimate of drug-likeness (QED) is 0.460. The van der Waals surface area contributed by atoms with E-state index in [1.807, 2.05) is 0 Å². The summed E-state index contributed by atoms with van der Waals surface area (Å²) in [5.74, 6) is -0.286. The fraction of sp³-hybridized carbons (Fsp3) is 0.923. The fourth-order valence-corrected chi connectivity index (χ4v) is 2.06. The topological polar surface area (TPSA) is 50.8 Å². The summed E-state index contributed by atoms with van der Waals surface area (Å²) in [4.78, 5) is 13.5. The first-order valence-corrected chi connectivity index (χ1v) is 6.99. The van der Waals surface area contributed by atoms with Gasteiger partial charge in [-0.2, -0.15) is 0 Å². The number of rotatable bonds is 10. The van der Waals surface area contributed by atoms with Gasteiger partial charge in [0.05, 0.1) is 13.2 Å². The number of hydrogen-bond acceptors (Lipinski definition) is 5. The molecule has 0 spiro atoms. The van der Waals surface area contributed by atoms with E-state index in [-0.39, 0.29) is 12.6 Å². The summed E-state index contributed by atoms with van der Waals surface area (Å²) in [6.07, 6.45) is 3.89. The average Bonchev–Trinajstić information content (AvgIpc) is 2.86. The second-order valence-electron chi connectivity index (χ2n) is 4.51. The zero-order valence-electron chi connectivity index (χ0n) is 11.5. The van der Waals surface area contributed by atoms with Gasteiger partial charge in [-0.3, -0.25) is 0 Å². The molecular weight excluding hydrogens is 232 g/mol. The van der Waals surface area contributed by atoms with Crippen molar-refractivity contribution in [2.75, 3.05) is 52.5 Å². The third-order valence-electron chi connectivity index (χ3n) is 2.97. The van der Waals surface area contributed by atoms with E-state index in [1.54, 1.807) is 6.92 Å². The minimum atomic E-state index is -0.286. The molecule has 0 aromatic carbocycles. The normalized spacial score (nSPS) is 16.1. The predicted molar refractivity (Wildman–Crippen MR) is 70.6 cm³/mol. The highest BCUT2D eigenvalue weighted by molar-refractivity contribution is 5.70. The minimum absolute atomic E-state index is 0.0588. The zero-order chi connectivity index (χ0) is 13.1. The highest BCUT2D eigenvalue weighted by Crippen LogP contribution is 2.06. The van der Waals surface area contributed by atoms with Gasteiger partial charge in [0.1, 0.15) is 6.61 Å². The second-order valence-corrected chi connectivity index (χ2v) is 4.51. The highest BCUT2D eigenvalue weighted by atomic mass is 16.6. The van der Waals surface area contributed by atoms with Crippen LogP contribution >= 0.6 is 0 Å². The molecule has 1 saturated heterocycles. The molecule has 106 valence electrons. The van der Waals surface area contributed by atoms with E-state index in [4.69, 9.17) is 9.47 Å². The number of hydrogen-bond donors (Lipinski definition) is 1. The van der Waals surface area contributed by atoms with Gasteiger partial charge in [-0.05, 0) is 52.4 Å². The van der Waals surface area contributed by atoms with Crippen molar-refractivity contribution in [3.63, 3.8) is 0 Å². The number of ether oxygens (including phenoxy) is 2. The molecule has 5 heteroatoms.